The van der Waals surface area contributed by atoms with Crippen LogP contribution in [0.1, 0.15) is 38.2 Å². The monoisotopic (exact) mass is 277 g/mol. The van der Waals surface area contributed by atoms with Gasteiger partial charge < -0.3 is 15.2 Å². The number of carboxylic acid groups (broad SMARTS) is 1. The summed E-state index contributed by atoms with van der Waals surface area (Å²) in [6, 6.07) is 8.35. The zero-order chi connectivity index (χ0) is 14.4. The molecule has 0 radical (unpaired) electrons. The molecule has 0 saturated heterocycles. The number of aliphatic carboxylic acids is 1. The van der Waals surface area contributed by atoms with Gasteiger partial charge in [-0.05, 0) is 43.9 Å². The van der Waals surface area contributed by atoms with Gasteiger partial charge >= 0.3 is 5.97 Å². The predicted octanol–water partition coefficient (Wildman–Crippen LogP) is 2.82. The lowest BCUT2D eigenvalue weighted by molar-refractivity contribution is -0.143. The first-order chi connectivity index (χ1) is 9.69. The van der Waals surface area contributed by atoms with Crippen LogP contribution in [0, 0.1) is 5.92 Å². The number of hydrogen-bond donors (Lipinski definition) is 2. The Morgan fingerprint density at radius 1 is 1.45 bits per heavy atom. The molecule has 1 aliphatic rings. The van der Waals surface area contributed by atoms with Gasteiger partial charge in [0.15, 0.2) is 0 Å². The predicted molar refractivity (Wildman–Crippen MR) is 77.8 cm³/mol. The van der Waals surface area contributed by atoms with E-state index in [0.29, 0.717) is 12.6 Å². The first-order valence-corrected chi connectivity index (χ1v) is 7.37. The normalized spacial score (nSPS) is 22.4. The van der Waals surface area contributed by atoms with Crippen LogP contribution in [0.4, 0.5) is 0 Å². The molecule has 1 aromatic carbocycles. The summed E-state index contributed by atoms with van der Waals surface area (Å²) in [7, 11) is 0. The third-order valence-corrected chi connectivity index (χ3v) is 3.83. The second-order valence-corrected chi connectivity index (χ2v) is 5.36. The maximum Gasteiger partial charge on any atom is 0.306 e. The first kappa shape index (κ1) is 14.9. The molecule has 0 aromatic heterocycles. The quantitative estimate of drug-likeness (QED) is 0.839. The Balaban J connectivity index is 1.85. The van der Waals surface area contributed by atoms with Crippen LogP contribution in [0.2, 0.25) is 0 Å². The molecule has 1 aliphatic carbocycles. The molecule has 1 saturated carbocycles. The zero-order valence-electron chi connectivity index (χ0n) is 12.0. The summed E-state index contributed by atoms with van der Waals surface area (Å²) < 4.78 is 5.48. The number of ether oxygens (including phenoxy) is 1. The Hall–Kier alpha value is -1.55. The zero-order valence-corrected chi connectivity index (χ0v) is 12.0. The molecule has 110 valence electrons. The average molecular weight is 277 g/mol. The fourth-order valence-electron chi connectivity index (χ4n) is 2.77. The van der Waals surface area contributed by atoms with Crippen molar-refractivity contribution in [1.82, 2.24) is 5.32 Å². The highest BCUT2D eigenvalue weighted by molar-refractivity contribution is 5.70. The number of rotatable bonds is 6. The molecule has 1 aromatic rings. The van der Waals surface area contributed by atoms with Gasteiger partial charge in [-0.2, -0.15) is 0 Å². The SMILES string of the molecule is CCOc1cccc(CNC2CCCC(C(=O)O)C2)c1. The largest absolute Gasteiger partial charge is 0.494 e. The molecule has 1 fully saturated rings. The van der Waals surface area contributed by atoms with Crippen LogP contribution < -0.4 is 10.1 Å². The summed E-state index contributed by atoms with van der Waals surface area (Å²) in [5, 5.41) is 12.6. The van der Waals surface area contributed by atoms with Crippen molar-refractivity contribution in [3.8, 4) is 5.75 Å². The second-order valence-electron chi connectivity index (χ2n) is 5.36. The van der Waals surface area contributed by atoms with Crippen LogP contribution in [0.5, 0.6) is 5.75 Å². The smallest absolute Gasteiger partial charge is 0.306 e. The van der Waals surface area contributed by atoms with E-state index in [2.05, 4.69) is 11.4 Å². The minimum atomic E-state index is -0.658. The van der Waals surface area contributed by atoms with Crippen molar-refractivity contribution < 1.29 is 14.6 Å². The fourth-order valence-corrected chi connectivity index (χ4v) is 2.77. The van der Waals surface area contributed by atoms with E-state index in [1.165, 1.54) is 5.56 Å². The Labute approximate surface area is 120 Å². The maximum atomic E-state index is 11.0. The van der Waals surface area contributed by atoms with Gasteiger partial charge in [0.2, 0.25) is 0 Å². The summed E-state index contributed by atoms with van der Waals surface area (Å²) in [6.07, 6.45) is 3.61. The van der Waals surface area contributed by atoms with Crippen molar-refractivity contribution in [1.29, 1.82) is 0 Å². The van der Waals surface area contributed by atoms with Crippen LogP contribution in [-0.4, -0.2) is 23.7 Å². The number of carbonyl (C=O) groups is 1. The van der Waals surface area contributed by atoms with E-state index < -0.39 is 5.97 Å². The summed E-state index contributed by atoms with van der Waals surface area (Å²) in [4.78, 5) is 11.0. The van der Waals surface area contributed by atoms with Crippen molar-refractivity contribution in [3.05, 3.63) is 29.8 Å². The van der Waals surface area contributed by atoms with E-state index in [9.17, 15) is 4.79 Å². The van der Waals surface area contributed by atoms with E-state index in [-0.39, 0.29) is 5.92 Å². The molecule has 0 spiro atoms. The molecule has 2 atom stereocenters. The van der Waals surface area contributed by atoms with Crippen molar-refractivity contribution >= 4 is 5.97 Å². The van der Waals surface area contributed by atoms with Crippen molar-refractivity contribution in [3.63, 3.8) is 0 Å². The average Bonchev–Trinajstić information content (AvgIpc) is 2.46. The topological polar surface area (TPSA) is 58.6 Å². The van der Waals surface area contributed by atoms with Crippen LogP contribution in [0.15, 0.2) is 24.3 Å². The Morgan fingerprint density at radius 2 is 2.30 bits per heavy atom. The highest BCUT2D eigenvalue weighted by Gasteiger charge is 2.26. The van der Waals surface area contributed by atoms with E-state index in [4.69, 9.17) is 9.84 Å². The Kier molecular flexibility index (Phi) is 5.41. The van der Waals surface area contributed by atoms with Crippen LogP contribution >= 0.6 is 0 Å². The molecule has 2 unspecified atom stereocenters. The van der Waals surface area contributed by atoms with Crippen LogP contribution in [0.3, 0.4) is 0 Å². The van der Waals surface area contributed by atoms with Crippen molar-refractivity contribution in [2.75, 3.05) is 6.61 Å². The number of benzene rings is 1. The fraction of sp³-hybridized carbons (Fsp3) is 0.562. The maximum absolute atomic E-state index is 11.0. The first-order valence-electron chi connectivity index (χ1n) is 7.37. The van der Waals surface area contributed by atoms with Gasteiger partial charge in [0.25, 0.3) is 0 Å². The number of carboxylic acids is 1. The molecular weight excluding hydrogens is 254 g/mol. The lowest BCUT2D eigenvalue weighted by Gasteiger charge is -2.27. The van der Waals surface area contributed by atoms with Crippen molar-refractivity contribution in [2.45, 2.75) is 45.2 Å². The standard InChI is InChI=1S/C16H23NO3/c1-2-20-15-8-3-5-12(9-15)11-17-14-7-4-6-13(10-14)16(18)19/h3,5,8-9,13-14,17H,2,4,6-7,10-11H2,1H3,(H,18,19). The van der Waals surface area contributed by atoms with Gasteiger partial charge in [0, 0.05) is 12.6 Å². The van der Waals surface area contributed by atoms with Crippen molar-refractivity contribution in [2.24, 2.45) is 5.92 Å². The van der Waals surface area contributed by atoms with Gasteiger partial charge in [-0.3, -0.25) is 4.79 Å². The third-order valence-electron chi connectivity index (χ3n) is 3.83. The molecule has 20 heavy (non-hydrogen) atoms. The van der Waals surface area contributed by atoms with Gasteiger partial charge in [-0.1, -0.05) is 18.6 Å². The highest BCUT2D eigenvalue weighted by Crippen LogP contribution is 2.24. The lowest BCUT2D eigenvalue weighted by atomic mass is 9.86. The minimum Gasteiger partial charge on any atom is -0.494 e. The Morgan fingerprint density at radius 3 is 3.05 bits per heavy atom. The summed E-state index contributed by atoms with van der Waals surface area (Å²) in [5.74, 6) is 0.0460. The van der Waals surface area contributed by atoms with E-state index in [1.807, 2.05) is 25.1 Å². The number of nitrogens with one attached hydrogen (secondary N) is 1. The second kappa shape index (κ2) is 7.29. The van der Waals surface area contributed by atoms with Gasteiger partial charge in [-0.15, -0.1) is 0 Å². The Bertz CT molecular complexity index is 447. The molecule has 0 amide bonds. The molecule has 0 bridgehead atoms. The van der Waals surface area contributed by atoms with Crippen LogP contribution in [0.25, 0.3) is 0 Å². The molecule has 2 N–H and O–H groups in total. The lowest BCUT2D eigenvalue weighted by Crippen LogP contribution is -2.36. The molecule has 0 heterocycles. The van der Waals surface area contributed by atoms with E-state index in [1.54, 1.807) is 0 Å². The van der Waals surface area contributed by atoms with Gasteiger partial charge in [-0.25, -0.2) is 0 Å². The summed E-state index contributed by atoms with van der Waals surface area (Å²) >= 11 is 0. The molecular formula is C16H23NO3. The number of hydrogen-bond acceptors (Lipinski definition) is 3. The summed E-state index contributed by atoms with van der Waals surface area (Å²) in [5.41, 5.74) is 1.17. The molecule has 4 heteroatoms. The summed E-state index contributed by atoms with van der Waals surface area (Å²) in [6.45, 7) is 3.40. The molecule has 0 aliphatic heterocycles. The minimum absolute atomic E-state index is 0.184. The third kappa shape index (κ3) is 4.23. The van der Waals surface area contributed by atoms with Crippen LogP contribution in [-0.2, 0) is 11.3 Å². The molecule has 2 rings (SSSR count). The van der Waals surface area contributed by atoms with Gasteiger partial charge in [0.1, 0.15) is 5.75 Å². The van der Waals surface area contributed by atoms with E-state index in [0.717, 1.165) is 38.0 Å². The molecule has 4 nitrogen and oxygen atoms in total. The van der Waals surface area contributed by atoms with E-state index >= 15 is 0 Å². The van der Waals surface area contributed by atoms with Gasteiger partial charge in [0.05, 0.1) is 12.5 Å². The highest BCUT2D eigenvalue weighted by atomic mass is 16.5.